The molecule has 1 aliphatic rings. The molecule has 6 heteroatoms. The maximum atomic E-state index is 12.6. The van der Waals surface area contributed by atoms with Crippen LogP contribution >= 0.6 is 0 Å². The minimum absolute atomic E-state index is 0.0870. The quantitative estimate of drug-likeness (QED) is 0.878. The molecule has 0 saturated carbocycles. The number of ether oxygens (including phenoxy) is 1. The molecule has 0 aliphatic carbocycles. The lowest BCUT2D eigenvalue weighted by Gasteiger charge is -2.37. The average Bonchev–Trinajstić information content (AvgIpc) is 2.81. The Kier molecular flexibility index (Phi) is 4.02. The number of hydrogen-bond acceptors (Lipinski definition) is 4. The van der Waals surface area contributed by atoms with E-state index in [9.17, 15) is 4.79 Å². The molecule has 1 N–H and O–H groups in total. The molecular weight excluding hydrogens is 292 g/mol. The summed E-state index contributed by atoms with van der Waals surface area (Å²) in [6.45, 7) is 7.76. The lowest BCUT2D eigenvalue weighted by molar-refractivity contribution is 0.0111. The molecular formula is C17H24N4O2. The van der Waals surface area contributed by atoms with Gasteiger partial charge in [0.25, 0.3) is 0 Å². The zero-order chi connectivity index (χ0) is 16.6. The first kappa shape index (κ1) is 15.8. The molecule has 2 heterocycles. The van der Waals surface area contributed by atoms with E-state index in [-0.39, 0.29) is 12.1 Å². The first-order valence-electron chi connectivity index (χ1n) is 7.99. The van der Waals surface area contributed by atoms with Crippen molar-refractivity contribution < 1.29 is 9.53 Å². The van der Waals surface area contributed by atoms with Crippen LogP contribution in [0.2, 0.25) is 0 Å². The van der Waals surface area contributed by atoms with Gasteiger partial charge in [-0.05, 0) is 26.8 Å². The van der Waals surface area contributed by atoms with E-state index >= 15 is 0 Å². The Morgan fingerprint density at radius 3 is 2.83 bits per heavy atom. The summed E-state index contributed by atoms with van der Waals surface area (Å²) in [5.74, 6) is 0. The fourth-order valence-corrected chi connectivity index (χ4v) is 3.05. The van der Waals surface area contributed by atoms with Crippen molar-refractivity contribution in [1.29, 1.82) is 0 Å². The second-order valence-corrected chi connectivity index (χ2v) is 6.92. The summed E-state index contributed by atoms with van der Waals surface area (Å²) in [5.41, 5.74) is 1.49. The second kappa shape index (κ2) is 5.85. The zero-order valence-electron chi connectivity index (χ0n) is 14.2. The fourth-order valence-electron chi connectivity index (χ4n) is 3.05. The third-order valence-corrected chi connectivity index (χ3v) is 3.97. The predicted molar refractivity (Wildman–Crippen MR) is 89.3 cm³/mol. The molecule has 1 atom stereocenters. The van der Waals surface area contributed by atoms with Crippen LogP contribution in [0.1, 0.15) is 32.5 Å². The van der Waals surface area contributed by atoms with Crippen LogP contribution in [0.4, 0.5) is 4.79 Å². The summed E-state index contributed by atoms with van der Waals surface area (Å²) in [7, 11) is 1.93. The molecule has 0 bridgehead atoms. The van der Waals surface area contributed by atoms with E-state index in [4.69, 9.17) is 4.74 Å². The molecule has 1 aliphatic heterocycles. The molecule has 1 amide bonds. The van der Waals surface area contributed by atoms with Gasteiger partial charge in [0.2, 0.25) is 0 Å². The second-order valence-electron chi connectivity index (χ2n) is 6.92. The van der Waals surface area contributed by atoms with E-state index in [1.807, 2.05) is 55.6 Å². The van der Waals surface area contributed by atoms with Crippen molar-refractivity contribution in [2.45, 2.75) is 32.4 Å². The van der Waals surface area contributed by atoms with Gasteiger partial charge >= 0.3 is 6.09 Å². The Morgan fingerprint density at radius 2 is 2.09 bits per heavy atom. The van der Waals surface area contributed by atoms with Gasteiger partial charge in [-0.25, -0.2) is 4.79 Å². The van der Waals surface area contributed by atoms with Crippen LogP contribution < -0.4 is 5.32 Å². The molecule has 1 unspecified atom stereocenters. The van der Waals surface area contributed by atoms with Crippen LogP contribution in [0, 0.1) is 0 Å². The van der Waals surface area contributed by atoms with E-state index in [2.05, 4.69) is 16.5 Å². The monoisotopic (exact) mass is 316 g/mol. The zero-order valence-corrected chi connectivity index (χ0v) is 14.2. The number of rotatable bonds is 1. The highest BCUT2D eigenvalue weighted by atomic mass is 16.6. The number of benzene rings is 1. The summed E-state index contributed by atoms with van der Waals surface area (Å²) >= 11 is 0. The summed E-state index contributed by atoms with van der Waals surface area (Å²) in [4.78, 5) is 14.4. The molecule has 2 aromatic rings. The summed E-state index contributed by atoms with van der Waals surface area (Å²) in [6, 6.07) is 7.94. The lowest BCUT2D eigenvalue weighted by atomic mass is 10.1. The molecule has 124 valence electrons. The third kappa shape index (κ3) is 3.17. The topological polar surface area (TPSA) is 59.4 Å². The van der Waals surface area contributed by atoms with Gasteiger partial charge in [0, 0.05) is 32.1 Å². The van der Waals surface area contributed by atoms with Gasteiger partial charge in [-0.15, -0.1) is 0 Å². The summed E-state index contributed by atoms with van der Waals surface area (Å²) in [5, 5.41) is 9.02. The van der Waals surface area contributed by atoms with Gasteiger partial charge < -0.3 is 10.1 Å². The van der Waals surface area contributed by atoms with Gasteiger partial charge in [-0.3, -0.25) is 9.58 Å². The highest BCUT2D eigenvalue weighted by Crippen LogP contribution is 2.30. The Hall–Kier alpha value is -2.08. The van der Waals surface area contributed by atoms with Crippen molar-refractivity contribution in [2.24, 2.45) is 7.05 Å². The molecule has 3 rings (SSSR count). The number of hydrogen-bond donors (Lipinski definition) is 1. The smallest absolute Gasteiger partial charge is 0.410 e. The van der Waals surface area contributed by atoms with Crippen LogP contribution in [0.15, 0.2) is 24.3 Å². The maximum absolute atomic E-state index is 12.6. The Balaban J connectivity index is 1.98. The van der Waals surface area contributed by atoms with Gasteiger partial charge in [0.1, 0.15) is 5.60 Å². The lowest BCUT2D eigenvalue weighted by Crippen LogP contribution is -2.50. The fraction of sp³-hybridized carbons (Fsp3) is 0.529. The van der Waals surface area contributed by atoms with Gasteiger partial charge in [-0.2, -0.15) is 5.10 Å². The number of aromatic nitrogens is 2. The van der Waals surface area contributed by atoms with E-state index < -0.39 is 5.60 Å². The number of amides is 1. The number of aryl methyl sites for hydroxylation is 1. The first-order chi connectivity index (χ1) is 10.9. The first-order valence-corrected chi connectivity index (χ1v) is 7.99. The normalized spacial score (nSPS) is 19.1. The number of nitrogens with zero attached hydrogens (tertiary/aromatic N) is 3. The van der Waals surface area contributed by atoms with Crippen LogP contribution in [0.25, 0.3) is 10.9 Å². The highest BCUT2D eigenvalue weighted by Gasteiger charge is 2.34. The summed E-state index contributed by atoms with van der Waals surface area (Å²) in [6.07, 6.45) is -0.269. The minimum atomic E-state index is -0.499. The van der Waals surface area contributed by atoms with Crippen LogP contribution in [-0.4, -0.2) is 46.0 Å². The molecule has 1 aromatic heterocycles. The van der Waals surface area contributed by atoms with Gasteiger partial charge in [0.15, 0.2) is 0 Å². The Bertz CT molecular complexity index is 717. The van der Waals surface area contributed by atoms with Crippen LogP contribution in [0.3, 0.4) is 0 Å². The van der Waals surface area contributed by atoms with Gasteiger partial charge in [0.05, 0.1) is 17.3 Å². The Morgan fingerprint density at radius 1 is 1.35 bits per heavy atom. The number of carbonyl (C=O) groups is 1. The molecule has 0 spiro atoms. The number of nitrogens with one attached hydrogen (secondary N) is 1. The largest absolute Gasteiger partial charge is 0.444 e. The number of carbonyl (C=O) groups excluding carboxylic acids is 1. The van der Waals surface area contributed by atoms with Crippen LogP contribution in [-0.2, 0) is 11.8 Å². The summed E-state index contributed by atoms with van der Waals surface area (Å²) < 4.78 is 7.46. The molecule has 1 saturated heterocycles. The SMILES string of the molecule is Cn1nc2ccccc2c1C1CNCCN1C(=O)OC(C)(C)C. The molecule has 0 radical (unpaired) electrons. The third-order valence-electron chi connectivity index (χ3n) is 3.97. The molecule has 1 aromatic carbocycles. The number of fused-ring (bicyclic) bond motifs is 1. The van der Waals surface area contributed by atoms with Crippen molar-refractivity contribution in [1.82, 2.24) is 20.0 Å². The van der Waals surface area contributed by atoms with E-state index in [1.165, 1.54) is 0 Å². The van der Waals surface area contributed by atoms with Crippen molar-refractivity contribution >= 4 is 17.0 Å². The van der Waals surface area contributed by atoms with E-state index in [0.29, 0.717) is 13.1 Å². The van der Waals surface area contributed by atoms with Crippen molar-refractivity contribution in [3.05, 3.63) is 30.0 Å². The Labute approximate surface area is 136 Å². The predicted octanol–water partition coefficient (Wildman–Crippen LogP) is 2.45. The van der Waals surface area contributed by atoms with Crippen LogP contribution in [0.5, 0.6) is 0 Å². The maximum Gasteiger partial charge on any atom is 0.410 e. The molecule has 23 heavy (non-hydrogen) atoms. The molecule has 6 nitrogen and oxygen atoms in total. The standard InChI is InChI=1S/C17H24N4O2/c1-17(2,3)23-16(22)21-10-9-18-11-14(21)15-12-7-5-6-8-13(12)19-20(15)4/h5-8,14,18H,9-11H2,1-4H3. The van der Waals surface area contributed by atoms with E-state index in [0.717, 1.165) is 23.1 Å². The van der Waals surface area contributed by atoms with Crippen molar-refractivity contribution in [3.63, 3.8) is 0 Å². The number of piperazine rings is 1. The molecule has 1 fully saturated rings. The van der Waals surface area contributed by atoms with E-state index in [1.54, 1.807) is 0 Å². The van der Waals surface area contributed by atoms with Gasteiger partial charge in [-0.1, -0.05) is 18.2 Å². The highest BCUT2D eigenvalue weighted by molar-refractivity contribution is 5.82. The van der Waals surface area contributed by atoms with Crippen molar-refractivity contribution in [2.75, 3.05) is 19.6 Å². The minimum Gasteiger partial charge on any atom is -0.444 e. The van der Waals surface area contributed by atoms with Crippen molar-refractivity contribution in [3.8, 4) is 0 Å². The average molecular weight is 316 g/mol.